The first-order valence-electron chi connectivity index (χ1n) is 9.86. The Morgan fingerprint density at radius 1 is 0.774 bits per heavy atom. The van der Waals surface area contributed by atoms with Gasteiger partial charge in [-0.25, -0.2) is 8.42 Å². The Morgan fingerprint density at radius 3 is 2.03 bits per heavy atom. The number of carbonyl (C=O) groups is 1. The van der Waals surface area contributed by atoms with Gasteiger partial charge in [0.15, 0.2) is 0 Å². The third kappa shape index (κ3) is 5.06. The summed E-state index contributed by atoms with van der Waals surface area (Å²) in [7, 11) is 3.47. The van der Waals surface area contributed by atoms with E-state index < -0.39 is 10.0 Å². The summed E-state index contributed by atoms with van der Waals surface area (Å²) >= 11 is 0. The Morgan fingerprint density at radius 2 is 1.42 bits per heavy atom. The highest BCUT2D eigenvalue weighted by molar-refractivity contribution is 7.92. The van der Waals surface area contributed by atoms with Gasteiger partial charge in [0.2, 0.25) is 0 Å². The molecule has 0 aliphatic rings. The van der Waals surface area contributed by atoms with Crippen LogP contribution in [0.3, 0.4) is 0 Å². The van der Waals surface area contributed by atoms with E-state index in [2.05, 4.69) is 0 Å². The van der Waals surface area contributed by atoms with Crippen molar-refractivity contribution in [2.75, 3.05) is 37.4 Å². The van der Waals surface area contributed by atoms with E-state index in [-0.39, 0.29) is 10.8 Å². The first-order valence-corrected chi connectivity index (χ1v) is 11.3. The molecule has 0 heterocycles. The summed E-state index contributed by atoms with van der Waals surface area (Å²) < 4.78 is 27.0. The molecule has 0 saturated heterocycles. The third-order valence-electron chi connectivity index (χ3n) is 5.08. The second kappa shape index (κ2) is 9.22. The van der Waals surface area contributed by atoms with Crippen LogP contribution in [0.25, 0.3) is 0 Å². The van der Waals surface area contributed by atoms with Crippen LogP contribution in [0.2, 0.25) is 0 Å². The predicted octanol–water partition coefficient (Wildman–Crippen LogP) is 3.85. The van der Waals surface area contributed by atoms with Crippen molar-refractivity contribution in [1.29, 1.82) is 0 Å². The highest BCUT2D eigenvalue weighted by atomic mass is 32.2. The predicted molar refractivity (Wildman–Crippen MR) is 125 cm³/mol. The van der Waals surface area contributed by atoms with E-state index in [0.29, 0.717) is 17.8 Å². The minimum absolute atomic E-state index is 0.177. The van der Waals surface area contributed by atoms with E-state index in [4.69, 9.17) is 0 Å². The number of carbonyl (C=O) groups excluding carboxylic acids is 1. The number of amides is 1. The molecule has 0 N–H and O–H groups in total. The molecule has 0 radical (unpaired) electrons. The summed E-state index contributed by atoms with van der Waals surface area (Å²) in [6.45, 7) is 0.453. The fraction of sp³-hybridized carbons (Fsp3) is 0.208. The van der Waals surface area contributed by atoms with Gasteiger partial charge in [0.05, 0.1) is 10.6 Å². The first-order chi connectivity index (χ1) is 14.7. The summed E-state index contributed by atoms with van der Waals surface area (Å²) in [4.78, 5) is 16.8. The molecule has 0 aromatic heterocycles. The van der Waals surface area contributed by atoms with Crippen molar-refractivity contribution in [2.45, 2.75) is 11.4 Å². The van der Waals surface area contributed by atoms with Crippen LogP contribution in [0.4, 0.5) is 11.4 Å². The molecule has 0 saturated carbocycles. The van der Waals surface area contributed by atoms with Crippen LogP contribution in [0, 0.1) is 0 Å². The Kier molecular flexibility index (Phi) is 6.65. The zero-order valence-corrected chi connectivity index (χ0v) is 19.0. The molecule has 0 spiro atoms. The molecule has 3 aromatic rings. The highest BCUT2D eigenvalue weighted by Crippen LogP contribution is 2.23. The van der Waals surface area contributed by atoms with Crippen LogP contribution in [0.5, 0.6) is 0 Å². The van der Waals surface area contributed by atoms with Crippen molar-refractivity contribution in [2.24, 2.45) is 0 Å². The monoisotopic (exact) mass is 437 g/mol. The molecular formula is C24H27N3O3S. The fourth-order valence-electron chi connectivity index (χ4n) is 3.19. The van der Waals surface area contributed by atoms with Crippen molar-refractivity contribution in [3.8, 4) is 0 Å². The van der Waals surface area contributed by atoms with Crippen molar-refractivity contribution in [1.82, 2.24) is 4.90 Å². The smallest absolute Gasteiger partial charge is 0.264 e. The lowest BCUT2D eigenvalue weighted by molar-refractivity contribution is 0.0785. The van der Waals surface area contributed by atoms with Gasteiger partial charge in [-0.1, -0.05) is 36.4 Å². The largest absolute Gasteiger partial charge is 0.378 e. The van der Waals surface area contributed by atoms with Gasteiger partial charge < -0.3 is 9.80 Å². The Balaban J connectivity index is 1.78. The normalized spacial score (nSPS) is 11.1. The average Bonchev–Trinajstić information content (AvgIpc) is 2.79. The molecule has 31 heavy (non-hydrogen) atoms. The average molecular weight is 438 g/mol. The lowest BCUT2D eigenvalue weighted by atomic mass is 10.1. The van der Waals surface area contributed by atoms with Gasteiger partial charge in [0, 0.05) is 46.0 Å². The SMILES string of the molecule is CN(Cc1ccc(N(C)C)cc1)C(=O)c1cccc(N(C)S(=O)(=O)c2ccccc2)c1. The molecule has 0 aliphatic heterocycles. The molecule has 6 nitrogen and oxygen atoms in total. The van der Waals surface area contributed by atoms with E-state index >= 15 is 0 Å². The zero-order chi connectivity index (χ0) is 22.6. The third-order valence-corrected chi connectivity index (χ3v) is 6.88. The van der Waals surface area contributed by atoms with Gasteiger partial charge in [-0.05, 0) is 48.0 Å². The Bertz CT molecular complexity index is 1140. The molecule has 0 unspecified atom stereocenters. The second-order valence-electron chi connectivity index (χ2n) is 7.56. The lowest BCUT2D eigenvalue weighted by Crippen LogP contribution is -2.28. The minimum atomic E-state index is -3.71. The molecule has 0 bridgehead atoms. The van der Waals surface area contributed by atoms with Crippen molar-refractivity contribution in [3.05, 3.63) is 90.0 Å². The Hall–Kier alpha value is -3.32. The summed E-state index contributed by atoms with van der Waals surface area (Å²) in [6, 6.07) is 22.9. The van der Waals surface area contributed by atoms with E-state index in [0.717, 1.165) is 11.3 Å². The number of nitrogens with zero attached hydrogens (tertiary/aromatic N) is 3. The van der Waals surface area contributed by atoms with Gasteiger partial charge in [-0.15, -0.1) is 0 Å². The van der Waals surface area contributed by atoms with Crippen LogP contribution in [-0.2, 0) is 16.6 Å². The van der Waals surface area contributed by atoms with Crippen molar-refractivity contribution >= 4 is 27.3 Å². The van der Waals surface area contributed by atoms with E-state index in [9.17, 15) is 13.2 Å². The number of hydrogen-bond acceptors (Lipinski definition) is 4. The lowest BCUT2D eigenvalue weighted by Gasteiger charge is -2.22. The fourth-order valence-corrected chi connectivity index (χ4v) is 4.40. The number of rotatable bonds is 7. The minimum Gasteiger partial charge on any atom is -0.378 e. The van der Waals surface area contributed by atoms with Crippen LogP contribution < -0.4 is 9.21 Å². The summed E-state index contributed by atoms with van der Waals surface area (Å²) in [5.74, 6) is -0.177. The highest BCUT2D eigenvalue weighted by Gasteiger charge is 2.22. The summed E-state index contributed by atoms with van der Waals surface area (Å²) in [5.41, 5.74) is 2.97. The number of sulfonamides is 1. The van der Waals surface area contributed by atoms with Crippen LogP contribution in [-0.4, -0.2) is 47.4 Å². The standard InChI is InChI=1S/C24H27N3O3S/c1-25(2)21-15-13-19(14-16-21)18-26(3)24(28)20-9-8-10-22(17-20)27(4)31(29,30)23-11-6-5-7-12-23/h5-17H,18H2,1-4H3. The zero-order valence-electron chi connectivity index (χ0n) is 18.2. The Labute approximate surface area is 184 Å². The molecule has 3 rings (SSSR count). The van der Waals surface area contributed by atoms with Crippen molar-refractivity contribution in [3.63, 3.8) is 0 Å². The molecule has 0 atom stereocenters. The molecule has 162 valence electrons. The molecule has 3 aromatic carbocycles. The van der Waals surface area contributed by atoms with E-state index in [1.54, 1.807) is 66.5 Å². The van der Waals surface area contributed by atoms with Gasteiger partial charge in [-0.2, -0.15) is 0 Å². The molecule has 7 heteroatoms. The van der Waals surface area contributed by atoms with E-state index in [1.165, 1.54) is 11.4 Å². The summed E-state index contributed by atoms with van der Waals surface area (Å²) in [6.07, 6.45) is 0. The van der Waals surface area contributed by atoms with Crippen LogP contribution in [0.1, 0.15) is 15.9 Å². The maximum absolute atomic E-state index is 13.0. The summed E-state index contributed by atoms with van der Waals surface area (Å²) in [5, 5.41) is 0. The maximum atomic E-state index is 13.0. The molecular weight excluding hydrogens is 410 g/mol. The van der Waals surface area contributed by atoms with Crippen LogP contribution in [0.15, 0.2) is 83.8 Å². The topological polar surface area (TPSA) is 60.9 Å². The van der Waals surface area contributed by atoms with Crippen LogP contribution >= 0.6 is 0 Å². The maximum Gasteiger partial charge on any atom is 0.264 e. The molecule has 0 fully saturated rings. The second-order valence-corrected chi connectivity index (χ2v) is 9.53. The number of hydrogen-bond donors (Lipinski definition) is 0. The number of benzene rings is 3. The quantitative estimate of drug-likeness (QED) is 0.563. The first kappa shape index (κ1) is 22.4. The van der Waals surface area contributed by atoms with Gasteiger partial charge >= 0.3 is 0 Å². The number of anilines is 2. The van der Waals surface area contributed by atoms with Gasteiger partial charge in [-0.3, -0.25) is 9.10 Å². The van der Waals surface area contributed by atoms with E-state index in [1.807, 2.05) is 43.3 Å². The van der Waals surface area contributed by atoms with Gasteiger partial charge in [0.25, 0.3) is 15.9 Å². The molecule has 0 aliphatic carbocycles. The van der Waals surface area contributed by atoms with Crippen molar-refractivity contribution < 1.29 is 13.2 Å². The van der Waals surface area contributed by atoms with Gasteiger partial charge in [0.1, 0.15) is 0 Å². The molecule has 1 amide bonds.